The lowest BCUT2D eigenvalue weighted by molar-refractivity contribution is 0.241. The molecule has 1 aliphatic heterocycles. The van der Waals surface area contributed by atoms with E-state index in [1.165, 1.54) is 25.7 Å². The second-order valence-electron chi connectivity index (χ2n) is 8.95. The van der Waals surface area contributed by atoms with Gasteiger partial charge in [-0.15, -0.1) is 0 Å². The van der Waals surface area contributed by atoms with Gasteiger partial charge in [0.2, 0.25) is 0 Å². The summed E-state index contributed by atoms with van der Waals surface area (Å²) < 4.78 is 7.09. The predicted molar refractivity (Wildman–Crippen MR) is 114 cm³/mol. The van der Waals surface area contributed by atoms with Crippen LogP contribution in [0.2, 0.25) is 0 Å². The number of nitrogens with zero attached hydrogens (tertiary/aromatic N) is 3. The van der Waals surface area contributed by atoms with E-state index in [-0.39, 0.29) is 0 Å². The average molecular weight is 389 g/mol. The number of nitrogens with one attached hydrogen (secondary N) is 1. The molecule has 2 heterocycles. The number of fused-ring (bicyclic) bond motifs is 1. The molecule has 5 nitrogen and oxygen atoms in total. The highest BCUT2D eigenvalue weighted by molar-refractivity contribution is 7.22. The maximum Gasteiger partial charge on any atom is 0.186 e. The number of thiazole rings is 1. The number of hydrogen-bond acceptors (Lipinski definition) is 6. The number of rotatable bonds is 7. The van der Waals surface area contributed by atoms with Crippen molar-refractivity contribution in [1.82, 2.24) is 4.98 Å². The normalized spacial score (nSPS) is 16.5. The molecule has 0 aliphatic carbocycles. The van der Waals surface area contributed by atoms with E-state index in [9.17, 15) is 0 Å². The van der Waals surface area contributed by atoms with Crippen LogP contribution in [-0.2, 0) is 0 Å². The Morgan fingerprint density at radius 1 is 1.26 bits per heavy atom. The minimum atomic E-state index is 0.339. The van der Waals surface area contributed by atoms with E-state index in [0.717, 1.165) is 34.9 Å². The number of anilines is 1. The van der Waals surface area contributed by atoms with E-state index in [4.69, 9.17) is 15.3 Å². The first kappa shape index (κ1) is 20.1. The first-order chi connectivity index (χ1) is 12.9. The van der Waals surface area contributed by atoms with Gasteiger partial charge in [-0.25, -0.2) is 10.5 Å². The number of piperidine rings is 1. The fourth-order valence-electron chi connectivity index (χ4n) is 3.87. The summed E-state index contributed by atoms with van der Waals surface area (Å²) in [6.07, 6.45) is 5.97. The molecule has 0 saturated carbocycles. The standard InChI is InChI=1S/C21H32N4OS/c1-15(14-21(2,3)4)8-11-26-18-12-17-19(13-16(18)24-22)27-20(23-17)25-9-6-5-7-10-25/h12-13,15,22H,5-11,14H2,1-4H3. The molecule has 1 aliphatic rings. The highest BCUT2D eigenvalue weighted by Gasteiger charge is 2.18. The van der Waals surface area contributed by atoms with Gasteiger partial charge in [0.15, 0.2) is 5.13 Å². The molecule has 27 heavy (non-hydrogen) atoms. The highest BCUT2D eigenvalue weighted by Crippen LogP contribution is 2.38. The Kier molecular flexibility index (Phi) is 6.35. The van der Waals surface area contributed by atoms with Crippen molar-refractivity contribution in [3.05, 3.63) is 12.1 Å². The average Bonchev–Trinajstić information content (AvgIpc) is 3.03. The number of benzene rings is 1. The second kappa shape index (κ2) is 8.55. The van der Waals surface area contributed by atoms with Gasteiger partial charge in [-0.3, -0.25) is 0 Å². The zero-order valence-corrected chi connectivity index (χ0v) is 17.9. The van der Waals surface area contributed by atoms with Crippen LogP contribution in [0, 0.1) is 16.9 Å². The second-order valence-corrected chi connectivity index (χ2v) is 9.96. The molecule has 1 aromatic carbocycles. The first-order valence-corrected chi connectivity index (χ1v) is 10.9. The molecule has 3 rings (SSSR count). The van der Waals surface area contributed by atoms with Crippen LogP contribution >= 0.6 is 11.3 Å². The van der Waals surface area contributed by atoms with Gasteiger partial charge < -0.3 is 9.64 Å². The van der Waals surface area contributed by atoms with Crippen molar-refractivity contribution >= 4 is 32.4 Å². The molecule has 1 unspecified atom stereocenters. The highest BCUT2D eigenvalue weighted by atomic mass is 32.1. The van der Waals surface area contributed by atoms with Crippen molar-refractivity contribution in [1.29, 1.82) is 5.53 Å². The van der Waals surface area contributed by atoms with Gasteiger partial charge in [0.25, 0.3) is 0 Å². The van der Waals surface area contributed by atoms with Crippen LogP contribution in [0.25, 0.3) is 10.2 Å². The third kappa shape index (κ3) is 5.41. The molecular formula is C21H32N4OS. The zero-order valence-electron chi connectivity index (χ0n) is 17.0. The molecule has 0 bridgehead atoms. The number of aromatic nitrogens is 1. The van der Waals surface area contributed by atoms with E-state index in [0.29, 0.717) is 29.4 Å². The summed E-state index contributed by atoms with van der Waals surface area (Å²) in [5, 5.41) is 4.77. The first-order valence-electron chi connectivity index (χ1n) is 10.1. The van der Waals surface area contributed by atoms with Crippen LogP contribution in [0.1, 0.15) is 59.8 Å². The van der Waals surface area contributed by atoms with Crippen LogP contribution in [0.3, 0.4) is 0 Å². The van der Waals surface area contributed by atoms with Crippen molar-refractivity contribution in [2.45, 2.75) is 59.8 Å². The minimum absolute atomic E-state index is 0.339. The van der Waals surface area contributed by atoms with Crippen LogP contribution < -0.4 is 9.64 Å². The zero-order chi connectivity index (χ0) is 19.4. The van der Waals surface area contributed by atoms with Gasteiger partial charge in [0, 0.05) is 19.2 Å². The van der Waals surface area contributed by atoms with E-state index >= 15 is 0 Å². The van der Waals surface area contributed by atoms with Crippen molar-refractivity contribution in [3.8, 4) is 5.75 Å². The van der Waals surface area contributed by atoms with Crippen LogP contribution in [0.4, 0.5) is 10.8 Å². The molecule has 148 valence electrons. The Morgan fingerprint density at radius 3 is 2.67 bits per heavy atom. The fraction of sp³-hybridized carbons (Fsp3) is 0.667. The third-order valence-corrected chi connectivity index (χ3v) is 6.11. The summed E-state index contributed by atoms with van der Waals surface area (Å²) in [7, 11) is 0. The molecule has 0 amide bonds. The summed E-state index contributed by atoms with van der Waals surface area (Å²) >= 11 is 1.69. The molecule has 0 radical (unpaired) electrons. The Labute approximate surface area is 166 Å². The number of ether oxygens (including phenoxy) is 1. The van der Waals surface area contributed by atoms with Gasteiger partial charge in [-0.2, -0.15) is 5.11 Å². The molecule has 1 fully saturated rings. The van der Waals surface area contributed by atoms with Gasteiger partial charge in [0.05, 0.1) is 16.8 Å². The van der Waals surface area contributed by atoms with Gasteiger partial charge in [0.1, 0.15) is 11.4 Å². The van der Waals surface area contributed by atoms with E-state index in [2.05, 4.69) is 37.7 Å². The van der Waals surface area contributed by atoms with E-state index in [1.54, 1.807) is 11.3 Å². The Morgan fingerprint density at radius 2 is 2.00 bits per heavy atom. The SMILES string of the molecule is CC(CCOc1cc2nc(N3CCCCC3)sc2cc1N=N)CC(C)(C)C. The lowest BCUT2D eigenvalue weighted by Gasteiger charge is -2.25. The molecule has 1 atom stereocenters. The van der Waals surface area contributed by atoms with Crippen molar-refractivity contribution in [2.24, 2.45) is 16.4 Å². The maximum atomic E-state index is 7.52. The quantitative estimate of drug-likeness (QED) is 0.531. The third-order valence-electron chi connectivity index (χ3n) is 5.03. The molecule has 6 heteroatoms. The Balaban J connectivity index is 1.70. The molecule has 1 N–H and O–H groups in total. The summed E-state index contributed by atoms with van der Waals surface area (Å²) in [4.78, 5) is 7.20. The lowest BCUT2D eigenvalue weighted by Crippen LogP contribution is -2.29. The van der Waals surface area contributed by atoms with Crippen LogP contribution in [0.15, 0.2) is 17.2 Å². The van der Waals surface area contributed by atoms with E-state index < -0.39 is 0 Å². The molecule has 2 aromatic rings. The Hall–Kier alpha value is -1.69. The summed E-state index contributed by atoms with van der Waals surface area (Å²) in [6, 6.07) is 3.91. The van der Waals surface area contributed by atoms with Crippen LogP contribution in [0.5, 0.6) is 5.75 Å². The molecular weight excluding hydrogens is 356 g/mol. The smallest absolute Gasteiger partial charge is 0.186 e. The molecule has 1 saturated heterocycles. The summed E-state index contributed by atoms with van der Waals surface area (Å²) in [5.41, 5.74) is 9.40. The summed E-state index contributed by atoms with van der Waals surface area (Å²) in [6.45, 7) is 11.9. The number of hydrogen-bond donors (Lipinski definition) is 1. The van der Waals surface area contributed by atoms with Crippen molar-refractivity contribution in [2.75, 3.05) is 24.6 Å². The largest absolute Gasteiger partial charge is 0.491 e. The van der Waals surface area contributed by atoms with Gasteiger partial charge in [-0.1, -0.05) is 39.0 Å². The topological polar surface area (TPSA) is 61.6 Å². The van der Waals surface area contributed by atoms with Crippen LogP contribution in [-0.4, -0.2) is 24.7 Å². The predicted octanol–water partition coefficient (Wildman–Crippen LogP) is 6.79. The monoisotopic (exact) mass is 388 g/mol. The van der Waals surface area contributed by atoms with Gasteiger partial charge in [-0.05, 0) is 49.5 Å². The fourth-order valence-corrected chi connectivity index (χ4v) is 4.90. The lowest BCUT2D eigenvalue weighted by atomic mass is 9.84. The van der Waals surface area contributed by atoms with Crippen molar-refractivity contribution in [3.63, 3.8) is 0 Å². The van der Waals surface area contributed by atoms with Crippen molar-refractivity contribution < 1.29 is 4.74 Å². The molecule has 1 aromatic heterocycles. The van der Waals surface area contributed by atoms with E-state index in [1.807, 2.05) is 12.1 Å². The summed E-state index contributed by atoms with van der Waals surface area (Å²) in [5.74, 6) is 1.28. The minimum Gasteiger partial charge on any atom is -0.491 e. The Bertz CT molecular complexity index is 774. The maximum absolute atomic E-state index is 7.52. The molecule has 0 spiro atoms. The van der Waals surface area contributed by atoms with Gasteiger partial charge >= 0.3 is 0 Å².